The molecule has 0 unspecified atom stereocenters. The Balaban J connectivity index is 3.89. The van der Waals surface area contributed by atoms with E-state index in [-0.39, 0.29) is 25.3 Å². The highest BCUT2D eigenvalue weighted by atomic mass is 32.2. The van der Waals surface area contributed by atoms with Crippen LogP contribution in [0.1, 0.15) is 6.42 Å². The van der Waals surface area contributed by atoms with Gasteiger partial charge < -0.3 is 15.6 Å². The molecule has 1 atom stereocenters. The molecular weight excluding hydrogens is 224 g/mol. The van der Waals surface area contributed by atoms with Crippen LogP contribution >= 0.6 is 0 Å². The summed E-state index contributed by atoms with van der Waals surface area (Å²) in [5.41, 5.74) is 5.16. The summed E-state index contributed by atoms with van der Waals surface area (Å²) < 4.78 is 29.3. The van der Waals surface area contributed by atoms with E-state index in [1.165, 1.54) is 7.11 Å². The van der Waals surface area contributed by atoms with Gasteiger partial charge in [0.25, 0.3) is 0 Å². The van der Waals surface area contributed by atoms with Crippen molar-refractivity contribution < 1.29 is 23.1 Å². The fraction of sp³-hybridized carbons (Fsp3) is 0.857. The topological polar surface area (TPSA) is 119 Å². The second kappa shape index (κ2) is 6.72. The molecule has 8 heteroatoms. The standard InChI is InChI=1S/C7H16N2O5S/c1-14-4-3-9-15(12,13)5-2-6(8)7(10)11/h6,9H,2-5,8H2,1H3,(H,10,11)/t6-/m0/s1. The Morgan fingerprint density at radius 2 is 2.20 bits per heavy atom. The highest BCUT2D eigenvalue weighted by molar-refractivity contribution is 7.89. The van der Waals surface area contributed by atoms with Gasteiger partial charge in [-0.1, -0.05) is 0 Å². The van der Waals surface area contributed by atoms with Gasteiger partial charge in [0.05, 0.1) is 12.4 Å². The van der Waals surface area contributed by atoms with Crippen LogP contribution in [-0.4, -0.2) is 51.5 Å². The number of ether oxygens (including phenoxy) is 1. The normalized spacial score (nSPS) is 13.7. The van der Waals surface area contributed by atoms with Gasteiger partial charge in [0.2, 0.25) is 10.0 Å². The van der Waals surface area contributed by atoms with E-state index >= 15 is 0 Å². The molecule has 0 aliphatic heterocycles. The summed E-state index contributed by atoms with van der Waals surface area (Å²) in [5, 5.41) is 8.43. The molecule has 0 heterocycles. The Kier molecular flexibility index (Phi) is 6.41. The van der Waals surface area contributed by atoms with Gasteiger partial charge in [0.15, 0.2) is 0 Å². The van der Waals surface area contributed by atoms with Crippen LogP contribution in [0.2, 0.25) is 0 Å². The molecule has 0 bridgehead atoms. The van der Waals surface area contributed by atoms with E-state index < -0.39 is 22.0 Å². The Labute approximate surface area is 88.6 Å². The maximum Gasteiger partial charge on any atom is 0.320 e. The zero-order valence-electron chi connectivity index (χ0n) is 8.47. The number of carboxylic acid groups (broad SMARTS) is 1. The van der Waals surface area contributed by atoms with E-state index in [4.69, 9.17) is 10.8 Å². The van der Waals surface area contributed by atoms with Crippen LogP contribution in [0.3, 0.4) is 0 Å². The predicted octanol–water partition coefficient (Wildman–Crippen LogP) is -1.65. The lowest BCUT2D eigenvalue weighted by Crippen LogP contribution is -2.36. The fourth-order valence-corrected chi connectivity index (χ4v) is 1.88. The lowest BCUT2D eigenvalue weighted by molar-refractivity contribution is -0.138. The lowest BCUT2D eigenvalue weighted by atomic mass is 10.2. The lowest BCUT2D eigenvalue weighted by Gasteiger charge is -2.08. The second-order valence-electron chi connectivity index (χ2n) is 2.94. The quantitative estimate of drug-likeness (QED) is 0.438. The molecule has 4 N–H and O–H groups in total. The van der Waals surface area contributed by atoms with Crippen LogP contribution in [0.5, 0.6) is 0 Å². The molecule has 0 spiro atoms. The molecule has 0 aliphatic rings. The van der Waals surface area contributed by atoms with E-state index in [9.17, 15) is 13.2 Å². The van der Waals surface area contributed by atoms with E-state index in [1.807, 2.05) is 0 Å². The van der Waals surface area contributed by atoms with Gasteiger partial charge in [-0.3, -0.25) is 4.79 Å². The van der Waals surface area contributed by atoms with Gasteiger partial charge in [0, 0.05) is 13.7 Å². The van der Waals surface area contributed by atoms with Crippen molar-refractivity contribution in [3.63, 3.8) is 0 Å². The largest absolute Gasteiger partial charge is 0.480 e. The predicted molar refractivity (Wildman–Crippen MR) is 53.9 cm³/mol. The molecule has 0 aliphatic carbocycles. The van der Waals surface area contributed by atoms with E-state index in [2.05, 4.69) is 9.46 Å². The third-order valence-corrected chi connectivity index (χ3v) is 3.06. The molecule has 0 radical (unpaired) electrons. The minimum atomic E-state index is -3.46. The third kappa shape index (κ3) is 7.25. The number of sulfonamides is 1. The van der Waals surface area contributed by atoms with Crippen LogP contribution in [0.15, 0.2) is 0 Å². The third-order valence-electron chi connectivity index (χ3n) is 1.64. The summed E-state index contributed by atoms with van der Waals surface area (Å²) in [6.45, 7) is 0.436. The van der Waals surface area contributed by atoms with Gasteiger partial charge in [-0.05, 0) is 6.42 Å². The van der Waals surface area contributed by atoms with E-state index in [1.54, 1.807) is 0 Å². The van der Waals surface area contributed by atoms with Crippen LogP contribution in [0.4, 0.5) is 0 Å². The molecule has 90 valence electrons. The Morgan fingerprint density at radius 3 is 2.67 bits per heavy atom. The summed E-state index contributed by atoms with van der Waals surface area (Å²) in [5.74, 6) is -1.51. The molecule has 0 amide bonds. The average Bonchev–Trinajstić information content (AvgIpc) is 2.14. The number of hydrogen-bond acceptors (Lipinski definition) is 5. The monoisotopic (exact) mass is 240 g/mol. The molecule has 0 fully saturated rings. The van der Waals surface area contributed by atoms with Gasteiger partial charge in [-0.25, -0.2) is 13.1 Å². The first-order valence-electron chi connectivity index (χ1n) is 4.33. The Morgan fingerprint density at radius 1 is 1.60 bits per heavy atom. The van der Waals surface area contributed by atoms with Gasteiger partial charge >= 0.3 is 5.97 Å². The minimum Gasteiger partial charge on any atom is -0.480 e. The number of carbonyl (C=O) groups is 1. The van der Waals surface area contributed by atoms with Crippen LogP contribution in [0.25, 0.3) is 0 Å². The Hall–Kier alpha value is -0.700. The Bertz CT molecular complexity index is 290. The van der Waals surface area contributed by atoms with Gasteiger partial charge in [0.1, 0.15) is 6.04 Å². The highest BCUT2D eigenvalue weighted by Crippen LogP contribution is 1.94. The van der Waals surface area contributed by atoms with Crippen molar-refractivity contribution in [2.75, 3.05) is 26.0 Å². The molecule has 0 saturated carbocycles. The van der Waals surface area contributed by atoms with Crippen molar-refractivity contribution in [2.24, 2.45) is 5.73 Å². The number of methoxy groups -OCH3 is 1. The van der Waals surface area contributed by atoms with E-state index in [0.717, 1.165) is 0 Å². The summed E-state index contributed by atoms with van der Waals surface area (Å²) in [4.78, 5) is 10.3. The summed E-state index contributed by atoms with van der Waals surface area (Å²) in [7, 11) is -2.00. The van der Waals surface area contributed by atoms with Crippen molar-refractivity contribution >= 4 is 16.0 Å². The maximum absolute atomic E-state index is 11.2. The molecule has 0 aromatic heterocycles. The molecule has 0 saturated heterocycles. The van der Waals surface area contributed by atoms with Gasteiger partial charge in [-0.15, -0.1) is 0 Å². The first-order valence-corrected chi connectivity index (χ1v) is 5.99. The number of nitrogens with one attached hydrogen (secondary N) is 1. The average molecular weight is 240 g/mol. The number of nitrogens with two attached hydrogens (primary N) is 1. The van der Waals surface area contributed by atoms with Crippen molar-refractivity contribution in [3.8, 4) is 0 Å². The first kappa shape index (κ1) is 14.3. The zero-order valence-corrected chi connectivity index (χ0v) is 9.29. The molecule has 7 nitrogen and oxygen atoms in total. The maximum atomic E-state index is 11.2. The smallest absolute Gasteiger partial charge is 0.320 e. The van der Waals surface area contributed by atoms with Crippen molar-refractivity contribution in [1.29, 1.82) is 0 Å². The SMILES string of the molecule is COCCNS(=O)(=O)CC[C@H](N)C(=O)O. The molecule has 0 aromatic rings. The first-order chi connectivity index (χ1) is 6.89. The molecule has 0 aromatic carbocycles. The minimum absolute atomic E-state index is 0.113. The summed E-state index contributed by atoms with van der Waals surface area (Å²) in [6.07, 6.45) is -0.113. The molecule has 0 rings (SSSR count). The highest BCUT2D eigenvalue weighted by Gasteiger charge is 2.16. The zero-order chi connectivity index (χ0) is 11.9. The number of hydrogen-bond donors (Lipinski definition) is 3. The van der Waals surface area contributed by atoms with Crippen LogP contribution in [-0.2, 0) is 19.6 Å². The van der Waals surface area contributed by atoms with Crippen LogP contribution in [0, 0.1) is 0 Å². The van der Waals surface area contributed by atoms with E-state index in [0.29, 0.717) is 0 Å². The van der Waals surface area contributed by atoms with Crippen molar-refractivity contribution in [3.05, 3.63) is 0 Å². The molecular formula is C7H16N2O5S. The van der Waals surface area contributed by atoms with Crippen molar-refractivity contribution in [2.45, 2.75) is 12.5 Å². The summed E-state index contributed by atoms with van der Waals surface area (Å²) in [6, 6.07) is -1.15. The number of aliphatic carboxylic acids is 1. The number of rotatable bonds is 8. The summed E-state index contributed by atoms with van der Waals surface area (Å²) >= 11 is 0. The molecule has 15 heavy (non-hydrogen) atoms. The number of carboxylic acids is 1. The second-order valence-corrected chi connectivity index (χ2v) is 4.87. The van der Waals surface area contributed by atoms with Gasteiger partial charge in [-0.2, -0.15) is 0 Å². The van der Waals surface area contributed by atoms with Crippen LogP contribution < -0.4 is 10.5 Å². The fourth-order valence-electron chi connectivity index (χ4n) is 0.777. The van der Waals surface area contributed by atoms with Crippen molar-refractivity contribution in [1.82, 2.24) is 4.72 Å².